The maximum absolute atomic E-state index is 13.6. The van der Waals surface area contributed by atoms with Crippen LogP contribution in [0, 0.1) is 5.82 Å². The van der Waals surface area contributed by atoms with Gasteiger partial charge in [0.15, 0.2) is 0 Å². The van der Waals surface area contributed by atoms with E-state index in [0.29, 0.717) is 18.8 Å². The van der Waals surface area contributed by atoms with E-state index in [4.69, 9.17) is 9.47 Å². The van der Waals surface area contributed by atoms with E-state index < -0.39 is 0 Å². The van der Waals surface area contributed by atoms with Gasteiger partial charge in [-0.15, -0.1) is 0 Å². The van der Waals surface area contributed by atoms with Gasteiger partial charge in [0.05, 0.1) is 25.4 Å². The first-order valence-corrected chi connectivity index (χ1v) is 6.56. The van der Waals surface area contributed by atoms with Crippen LogP contribution in [0.5, 0.6) is 0 Å². The highest BCUT2D eigenvalue weighted by Crippen LogP contribution is 2.12. The topological polar surface area (TPSA) is 30.5 Å². The Balaban J connectivity index is 2.38. The second-order valence-corrected chi connectivity index (χ2v) is 5.47. The first-order chi connectivity index (χ1) is 8.92. The molecule has 0 bridgehead atoms. The molecule has 0 amide bonds. The average Bonchev–Trinajstić information content (AvgIpc) is 2.31. The Hall–Kier alpha value is -0.970. The molecule has 0 fully saturated rings. The lowest BCUT2D eigenvalue weighted by Crippen LogP contribution is -2.21. The summed E-state index contributed by atoms with van der Waals surface area (Å²) in [6.07, 6.45) is 0. The van der Waals surface area contributed by atoms with Crippen molar-refractivity contribution < 1.29 is 13.9 Å². The molecule has 3 nitrogen and oxygen atoms in total. The molecule has 1 N–H and O–H groups in total. The third kappa shape index (κ3) is 6.66. The van der Waals surface area contributed by atoms with Crippen molar-refractivity contribution in [3.05, 3.63) is 35.1 Å². The largest absolute Gasteiger partial charge is 0.374 e. The molecule has 1 aromatic carbocycles. The minimum atomic E-state index is -0.225. The maximum atomic E-state index is 13.6. The van der Waals surface area contributed by atoms with E-state index in [1.54, 1.807) is 6.07 Å². The number of halogens is 1. The van der Waals surface area contributed by atoms with Crippen LogP contribution in [0.2, 0.25) is 0 Å². The summed E-state index contributed by atoms with van der Waals surface area (Å²) in [6.45, 7) is 7.96. The Morgan fingerprint density at radius 2 is 1.95 bits per heavy atom. The summed E-state index contributed by atoms with van der Waals surface area (Å²) >= 11 is 0. The first kappa shape index (κ1) is 16.1. The number of benzene rings is 1. The molecule has 0 aromatic heterocycles. The summed E-state index contributed by atoms with van der Waals surface area (Å²) < 4.78 is 24.6. The molecule has 0 aliphatic carbocycles. The summed E-state index contributed by atoms with van der Waals surface area (Å²) in [6, 6.07) is 5.09. The molecule has 4 heteroatoms. The maximum Gasteiger partial charge on any atom is 0.128 e. The summed E-state index contributed by atoms with van der Waals surface area (Å²) in [5, 5.41) is 3.04. The summed E-state index contributed by atoms with van der Waals surface area (Å²) in [5.74, 6) is -0.225. The molecule has 0 saturated heterocycles. The fraction of sp³-hybridized carbons (Fsp3) is 0.600. The second-order valence-electron chi connectivity index (χ2n) is 5.47. The molecule has 19 heavy (non-hydrogen) atoms. The Morgan fingerprint density at radius 3 is 2.58 bits per heavy atom. The molecule has 0 saturated carbocycles. The van der Waals surface area contributed by atoms with E-state index >= 15 is 0 Å². The third-order valence-corrected chi connectivity index (χ3v) is 2.51. The molecule has 1 aromatic rings. The van der Waals surface area contributed by atoms with Crippen molar-refractivity contribution in [2.45, 2.75) is 39.5 Å². The molecule has 0 unspecified atom stereocenters. The number of ether oxygens (including phenoxy) is 2. The molecular formula is C15H24FNO2. The molecular weight excluding hydrogens is 245 g/mol. The van der Waals surface area contributed by atoms with Gasteiger partial charge in [0.1, 0.15) is 5.82 Å². The highest BCUT2D eigenvalue weighted by atomic mass is 19.1. The van der Waals surface area contributed by atoms with E-state index in [2.05, 4.69) is 5.32 Å². The van der Waals surface area contributed by atoms with Crippen LogP contribution in [0.25, 0.3) is 0 Å². The van der Waals surface area contributed by atoms with Crippen LogP contribution >= 0.6 is 0 Å². The van der Waals surface area contributed by atoms with Crippen LogP contribution in [0.4, 0.5) is 4.39 Å². The predicted octanol–water partition coefficient (Wildman–Crippen LogP) is 2.88. The fourth-order valence-electron chi connectivity index (χ4n) is 1.64. The Labute approximate surface area is 115 Å². The molecule has 0 aliphatic heterocycles. The molecule has 0 radical (unpaired) electrons. The van der Waals surface area contributed by atoms with Crippen LogP contribution in [0.1, 0.15) is 31.9 Å². The second kappa shape index (κ2) is 7.58. The van der Waals surface area contributed by atoms with Gasteiger partial charge in [-0.3, -0.25) is 0 Å². The standard InChI is InChI=1S/C15H24FNO2/c1-15(2,3)19-8-7-18-11-13-9-12(10-17-4)5-6-14(13)16/h5-6,9,17H,7-8,10-11H2,1-4H3. The van der Waals surface area contributed by atoms with Gasteiger partial charge in [-0.05, 0) is 45.5 Å². The highest BCUT2D eigenvalue weighted by molar-refractivity contribution is 5.24. The van der Waals surface area contributed by atoms with Gasteiger partial charge in [0.25, 0.3) is 0 Å². The first-order valence-electron chi connectivity index (χ1n) is 6.56. The zero-order valence-corrected chi connectivity index (χ0v) is 12.3. The van der Waals surface area contributed by atoms with E-state index in [9.17, 15) is 4.39 Å². The number of hydrogen-bond acceptors (Lipinski definition) is 3. The molecule has 0 heterocycles. The van der Waals surface area contributed by atoms with Crippen molar-refractivity contribution in [1.82, 2.24) is 5.32 Å². The molecule has 0 aliphatic rings. The van der Waals surface area contributed by atoms with E-state index in [1.807, 2.05) is 33.9 Å². The monoisotopic (exact) mass is 269 g/mol. The van der Waals surface area contributed by atoms with Crippen molar-refractivity contribution in [3.63, 3.8) is 0 Å². The SMILES string of the molecule is CNCc1ccc(F)c(COCCOC(C)(C)C)c1. The van der Waals surface area contributed by atoms with Crippen LogP contribution < -0.4 is 5.32 Å². The zero-order valence-electron chi connectivity index (χ0n) is 12.3. The zero-order chi connectivity index (χ0) is 14.3. The van der Waals surface area contributed by atoms with Crippen molar-refractivity contribution >= 4 is 0 Å². The van der Waals surface area contributed by atoms with E-state index in [1.165, 1.54) is 6.07 Å². The van der Waals surface area contributed by atoms with Gasteiger partial charge < -0.3 is 14.8 Å². The van der Waals surface area contributed by atoms with Crippen LogP contribution in [0.3, 0.4) is 0 Å². The van der Waals surface area contributed by atoms with E-state index in [-0.39, 0.29) is 18.0 Å². The Bertz CT molecular complexity index is 388. The van der Waals surface area contributed by atoms with Crippen LogP contribution in [-0.4, -0.2) is 25.9 Å². The van der Waals surface area contributed by atoms with Crippen LogP contribution in [-0.2, 0) is 22.6 Å². The van der Waals surface area contributed by atoms with Gasteiger partial charge in [-0.2, -0.15) is 0 Å². The van der Waals surface area contributed by atoms with Crippen molar-refractivity contribution in [3.8, 4) is 0 Å². The fourth-order valence-corrected chi connectivity index (χ4v) is 1.64. The molecule has 0 spiro atoms. The van der Waals surface area contributed by atoms with Crippen LogP contribution in [0.15, 0.2) is 18.2 Å². The van der Waals surface area contributed by atoms with Gasteiger partial charge in [-0.25, -0.2) is 4.39 Å². The third-order valence-electron chi connectivity index (χ3n) is 2.51. The van der Waals surface area contributed by atoms with Gasteiger partial charge in [-0.1, -0.05) is 6.07 Å². The van der Waals surface area contributed by atoms with Crippen molar-refractivity contribution in [1.29, 1.82) is 0 Å². The van der Waals surface area contributed by atoms with E-state index in [0.717, 1.165) is 12.1 Å². The predicted molar refractivity (Wildman–Crippen MR) is 74.5 cm³/mol. The van der Waals surface area contributed by atoms with Gasteiger partial charge in [0.2, 0.25) is 0 Å². The quantitative estimate of drug-likeness (QED) is 0.772. The molecule has 0 atom stereocenters. The summed E-state index contributed by atoms with van der Waals surface area (Å²) in [5.41, 5.74) is 1.47. The lowest BCUT2D eigenvalue weighted by atomic mass is 10.1. The van der Waals surface area contributed by atoms with Crippen molar-refractivity contribution in [2.75, 3.05) is 20.3 Å². The van der Waals surface area contributed by atoms with Gasteiger partial charge in [0, 0.05) is 12.1 Å². The number of rotatable bonds is 7. The molecule has 108 valence electrons. The average molecular weight is 269 g/mol. The van der Waals surface area contributed by atoms with Gasteiger partial charge >= 0.3 is 0 Å². The summed E-state index contributed by atoms with van der Waals surface area (Å²) in [7, 11) is 1.86. The summed E-state index contributed by atoms with van der Waals surface area (Å²) in [4.78, 5) is 0. The minimum absolute atomic E-state index is 0.165. The number of nitrogens with one attached hydrogen (secondary N) is 1. The Morgan fingerprint density at radius 1 is 1.21 bits per heavy atom. The lowest BCUT2D eigenvalue weighted by Gasteiger charge is -2.19. The lowest BCUT2D eigenvalue weighted by molar-refractivity contribution is -0.0379. The normalized spacial score (nSPS) is 11.8. The minimum Gasteiger partial charge on any atom is -0.374 e. The van der Waals surface area contributed by atoms with Crippen molar-refractivity contribution in [2.24, 2.45) is 0 Å². The molecule has 1 rings (SSSR count). The Kier molecular flexibility index (Phi) is 6.42. The number of hydrogen-bond donors (Lipinski definition) is 1. The smallest absolute Gasteiger partial charge is 0.128 e. The highest BCUT2D eigenvalue weighted by Gasteiger charge is 2.09.